The zero-order chi connectivity index (χ0) is 15.9. The van der Waals surface area contributed by atoms with Gasteiger partial charge in [0.2, 0.25) is 5.91 Å². The normalized spacial score (nSPS) is 11.0. The van der Waals surface area contributed by atoms with Crippen LogP contribution in [0.15, 0.2) is 24.3 Å². The molecule has 21 heavy (non-hydrogen) atoms. The maximum Gasteiger partial charge on any atom is 0.338 e. The minimum Gasteiger partial charge on any atom is -0.462 e. The third kappa shape index (κ3) is 5.21. The molecular weight excluding hydrogens is 266 g/mol. The molecule has 4 nitrogen and oxygen atoms in total. The van der Waals surface area contributed by atoms with Crippen LogP contribution in [-0.4, -0.2) is 18.5 Å². The number of rotatable bonds is 7. The predicted octanol–water partition coefficient (Wildman–Crippen LogP) is 4.02. The zero-order valence-electron chi connectivity index (χ0n) is 13.4. The van der Waals surface area contributed by atoms with Gasteiger partial charge in [0.25, 0.3) is 0 Å². The molecule has 0 unspecified atom stereocenters. The zero-order valence-corrected chi connectivity index (χ0v) is 13.4. The molecule has 0 radical (unpaired) electrons. The highest BCUT2D eigenvalue weighted by Crippen LogP contribution is 2.22. The van der Waals surface area contributed by atoms with E-state index in [-0.39, 0.29) is 11.9 Å². The Kier molecular flexibility index (Phi) is 6.40. The van der Waals surface area contributed by atoms with Gasteiger partial charge in [0.15, 0.2) is 0 Å². The summed E-state index contributed by atoms with van der Waals surface area (Å²) < 4.78 is 5.13. The Morgan fingerprint density at radius 2 is 1.76 bits per heavy atom. The van der Waals surface area contributed by atoms with E-state index in [1.807, 2.05) is 27.7 Å². The van der Waals surface area contributed by atoms with Crippen molar-refractivity contribution in [2.45, 2.75) is 47.0 Å². The molecule has 0 aliphatic carbocycles. The minimum atomic E-state index is -0.405. The molecule has 4 heteroatoms. The fourth-order valence-corrected chi connectivity index (χ4v) is 1.54. The third-order valence-electron chi connectivity index (χ3n) is 3.61. The van der Waals surface area contributed by atoms with Crippen molar-refractivity contribution in [2.24, 2.45) is 5.41 Å². The van der Waals surface area contributed by atoms with Crippen molar-refractivity contribution in [2.75, 3.05) is 11.9 Å². The number of benzene rings is 1. The van der Waals surface area contributed by atoms with Gasteiger partial charge in [0.05, 0.1) is 12.2 Å². The Labute approximate surface area is 126 Å². The van der Waals surface area contributed by atoms with E-state index >= 15 is 0 Å². The lowest BCUT2D eigenvalue weighted by Gasteiger charge is -2.21. The minimum absolute atomic E-state index is 0.0247. The molecule has 1 aromatic rings. The number of unbranched alkanes of at least 4 members (excludes halogenated alkanes) is 1. The van der Waals surface area contributed by atoms with Crippen molar-refractivity contribution in [1.82, 2.24) is 0 Å². The molecule has 0 fully saturated rings. The van der Waals surface area contributed by atoms with Crippen molar-refractivity contribution in [1.29, 1.82) is 0 Å². The van der Waals surface area contributed by atoms with E-state index in [9.17, 15) is 9.59 Å². The Hall–Kier alpha value is -1.84. The highest BCUT2D eigenvalue weighted by molar-refractivity contribution is 5.95. The number of anilines is 1. The number of esters is 1. The lowest BCUT2D eigenvalue weighted by molar-refractivity contribution is -0.124. The highest BCUT2D eigenvalue weighted by atomic mass is 16.5. The number of carbonyl (C=O) groups is 2. The van der Waals surface area contributed by atoms with E-state index in [0.717, 1.165) is 19.3 Å². The summed E-state index contributed by atoms with van der Waals surface area (Å²) in [6.45, 7) is 8.28. The first-order valence-corrected chi connectivity index (χ1v) is 7.49. The second-order valence-electron chi connectivity index (χ2n) is 5.76. The summed E-state index contributed by atoms with van der Waals surface area (Å²) in [7, 11) is 0. The summed E-state index contributed by atoms with van der Waals surface area (Å²) in [5.74, 6) is -0.349. The molecule has 1 N–H and O–H groups in total. The number of amides is 1. The number of hydrogen-bond acceptors (Lipinski definition) is 3. The highest BCUT2D eigenvalue weighted by Gasteiger charge is 2.25. The van der Waals surface area contributed by atoms with E-state index in [2.05, 4.69) is 5.32 Å². The van der Waals surface area contributed by atoms with Crippen molar-refractivity contribution in [3.8, 4) is 0 Å². The standard InChI is InChI=1S/C17H25NO3/c1-5-7-12-21-15(19)13-8-10-14(11-9-13)18-16(20)17(3,4)6-2/h8-11H,5-7,12H2,1-4H3,(H,18,20). The average molecular weight is 291 g/mol. The molecule has 0 atom stereocenters. The van der Waals surface area contributed by atoms with E-state index in [0.29, 0.717) is 17.9 Å². The lowest BCUT2D eigenvalue weighted by atomic mass is 9.89. The topological polar surface area (TPSA) is 55.4 Å². The number of hydrogen-bond donors (Lipinski definition) is 1. The van der Waals surface area contributed by atoms with E-state index in [1.54, 1.807) is 24.3 Å². The van der Waals surface area contributed by atoms with Gasteiger partial charge < -0.3 is 10.1 Å². The van der Waals surface area contributed by atoms with Crippen LogP contribution in [0.5, 0.6) is 0 Å². The van der Waals surface area contributed by atoms with Crippen LogP contribution < -0.4 is 5.32 Å². The number of nitrogens with one attached hydrogen (secondary N) is 1. The molecule has 1 aromatic carbocycles. The van der Waals surface area contributed by atoms with Gasteiger partial charge in [-0.05, 0) is 37.1 Å². The largest absolute Gasteiger partial charge is 0.462 e. The van der Waals surface area contributed by atoms with Gasteiger partial charge in [-0.15, -0.1) is 0 Å². The van der Waals surface area contributed by atoms with Crippen LogP contribution in [0.25, 0.3) is 0 Å². The smallest absolute Gasteiger partial charge is 0.338 e. The molecule has 1 amide bonds. The van der Waals surface area contributed by atoms with Gasteiger partial charge in [-0.25, -0.2) is 4.79 Å². The van der Waals surface area contributed by atoms with Gasteiger partial charge in [0.1, 0.15) is 0 Å². The lowest BCUT2D eigenvalue weighted by Crippen LogP contribution is -2.29. The van der Waals surface area contributed by atoms with Gasteiger partial charge in [0, 0.05) is 11.1 Å². The van der Waals surface area contributed by atoms with Crippen molar-refractivity contribution < 1.29 is 14.3 Å². The Morgan fingerprint density at radius 1 is 1.14 bits per heavy atom. The summed E-state index contributed by atoms with van der Waals surface area (Å²) in [5, 5.41) is 2.86. The molecule has 0 bridgehead atoms. The Bertz CT molecular complexity index is 477. The van der Waals surface area contributed by atoms with Crippen LogP contribution in [0.1, 0.15) is 57.3 Å². The van der Waals surface area contributed by atoms with Crippen LogP contribution in [0.4, 0.5) is 5.69 Å². The monoisotopic (exact) mass is 291 g/mol. The number of carbonyl (C=O) groups excluding carboxylic acids is 2. The molecule has 0 heterocycles. The van der Waals surface area contributed by atoms with Gasteiger partial charge in [-0.2, -0.15) is 0 Å². The predicted molar refractivity (Wildman–Crippen MR) is 84.3 cm³/mol. The second kappa shape index (κ2) is 7.81. The van der Waals surface area contributed by atoms with Crippen LogP contribution in [-0.2, 0) is 9.53 Å². The first kappa shape index (κ1) is 17.2. The third-order valence-corrected chi connectivity index (χ3v) is 3.61. The summed E-state index contributed by atoms with van der Waals surface area (Å²) in [4.78, 5) is 23.8. The van der Waals surface area contributed by atoms with Gasteiger partial charge in [-0.1, -0.05) is 34.1 Å². The molecule has 1 rings (SSSR count). The summed E-state index contributed by atoms with van der Waals surface area (Å²) in [6.07, 6.45) is 2.62. The quantitative estimate of drug-likeness (QED) is 0.610. The van der Waals surface area contributed by atoms with Gasteiger partial charge in [-0.3, -0.25) is 4.79 Å². The average Bonchev–Trinajstić information content (AvgIpc) is 2.48. The fraction of sp³-hybridized carbons (Fsp3) is 0.529. The van der Waals surface area contributed by atoms with E-state index in [1.165, 1.54) is 0 Å². The van der Waals surface area contributed by atoms with E-state index < -0.39 is 5.41 Å². The molecular formula is C17H25NO3. The molecule has 0 spiro atoms. The Balaban J connectivity index is 2.62. The summed E-state index contributed by atoms with van der Waals surface area (Å²) in [6, 6.07) is 6.78. The second-order valence-corrected chi connectivity index (χ2v) is 5.76. The maximum absolute atomic E-state index is 12.1. The maximum atomic E-state index is 12.1. The SMILES string of the molecule is CCCCOC(=O)c1ccc(NC(=O)C(C)(C)CC)cc1. The summed E-state index contributed by atoms with van der Waals surface area (Å²) in [5.41, 5.74) is 0.781. The first-order valence-electron chi connectivity index (χ1n) is 7.49. The van der Waals surface area contributed by atoms with Crippen LogP contribution in [0.3, 0.4) is 0 Å². The van der Waals surface area contributed by atoms with Gasteiger partial charge >= 0.3 is 5.97 Å². The van der Waals surface area contributed by atoms with Crippen molar-refractivity contribution in [3.05, 3.63) is 29.8 Å². The molecule has 0 saturated carbocycles. The molecule has 0 saturated heterocycles. The summed E-state index contributed by atoms with van der Waals surface area (Å²) >= 11 is 0. The molecule has 0 aliphatic heterocycles. The van der Waals surface area contributed by atoms with Crippen LogP contribution in [0.2, 0.25) is 0 Å². The number of ether oxygens (including phenoxy) is 1. The Morgan fingerprint density at radius 3 is 2.29 bits per heavy atom. The van der Waals surface area contributed by atoms with Crippen molar-refractivity contribution >= 4 is 17.6 Å². The van der Waals surface area contributed by atoms with Crippen molar-refractivity contribution in [3.63, 3.8) is 0 Å². The molecule has 0 aromatic heterocycles. The fourth-order valence-electron chi connectivity index (χ4n) is 1.54. The van der Waals surface area contributed by atoms with E-state index in [4.69, 9.17) is 4.74 Å². The van der Waals surface area contributed by atoms with Crippen LogP contribution >= 0.6 is 0 Å². The molecule has 116 valence electrons. The van der Waals surface area contributed by atoms with Crippen LogP contribution in [0, 0.1) is 5.41 Å². The molecule has 0 aliphatic rings. The first-order chi connectivity index (χ1) is 9.90.